The van der Waals surface area contributed by atoms with Crippen molar-refractivity contribution in [1.29, 1.82) is 0 Å². The smallest absolute Gasteiger partial charge is 0.345 e. The number of likely N-dealkylation sites (N-methyl/N-ethyl adjacent to an activating group) is 1. The number of fused-ring (bicyclic) bond motifs is 7. The molecule has 3 aromatic carbocycles. The normalized spacial score (nSPS) is 22.0. The molecule has 1 aromatic heterocycles. The molecule has 3 saturated carbocycles. The standard InChI is InChI=1S/C73H105N7O13S2/c1-11-12-38-79(8,9)42-36-77-94(87,88)43-18-37-78-62-21-14-13-20-58(62)68(59-49-57(92-50(2)3)24-26-63(59)78)71(86)93-69-51(4)45-54(46-52(69)5)70(85)76-34-17-40-80(10,41-19-44-95(89,90)91)39-16-33-74-65(83)22-15-23-66(84)75-35-30-53-47-55-48-56(81)28-31-72(55,6)61-29-32-73(7)60(67(53)61)25-27-64(73)82/h13-14,20-21,24,26,45-46,48-50,53,60-61,67,77H,11-12,15-19,22-23,25,27-44,47H2,1-10H3,(H-3,74,75,76,83,84,85,89,90,91)/p+3/t53?,60?,61?,67?,72-,73-,80?/m0/s1. The van der Waals surface area contributed by atoms with Gasteiger partial charge < -0.3 is 34.4 Å². The number of para-hydroxylation sites is 1. The number of unbranched alkanes of at least 4 members (excludes halogenated alkanes) is 1. The Morgan fingerprint density at radius 3 is 2.05 bits per heavy atom. The average Bonchev–Trinajstić information content (AvgIpc) is 1.61. The van der Waals surface area contributed by atoms with Gasteiger partial charge in [0.2, 0.25) is 32.9 Å². The van der Waals surface area contributed by atoms with Crippen LogP contribution in [-0.4, -0.2) is 163 Å². The Bertz CT molecular complexity index is 3720. The zero-order chi connectivity index (χ0) is 69.1. The van der Waals surface area contributed by atoms with E-state index in [2.05, 4.69) is 55.5 Å². The Hall–Kier alpha value is -6.17. The summed E-state index contributed by atoms with van der Waals surface area (Å²) in [4.78, 5) is 80.5. The lowest BCUT2D eigenvalue weighted by atomic mass is 9.45. The van der Waals surface area contributed by atoms with Crippen molar-refractivity contribution in [2.75, 3.05) is 91.6 Å². The van der Waals surface area contributed by atoms with Crippen molar-refractivity contribution in [3.05, 3.63) is 88.5 Å². The van der Waals surface area contributed by atoms with E-state index in [1.165, 1.54) is 5.57 Å². The minimum absolute atomic E-state index is 0.0216. The molecule has 5 N–H and O–H groups in total. The van der Waals surface area contributed by atoms with Crippen LogP contribution in [0.15, 0.2) is 66.2 Å². The Morgan fingerprint density at radius 1 is 0.716 bits per heavy atom. The molecule has 5 unspecified atom stereocenters. The van der Waals surface area contributed by atoms with Crippen LogP contribution in [0.4, 0.5) is 0 Å². The number of carbonyl (C=O) groups is 6. The zero-order valence-corrected chi connectivity index (χ0v) is 59.8. The second-order valence-corrected chi connectivity index (χ2v) is 33.0. The fourth-order valence-corrected chi connectivity index (χ4v) is 17.7. The molecule has 522 valence electrons. The molecule has 20 nitrogen and oxygen atoms in total. The summed E-state index contributed by atoms with van der Waals surface area (Å²) in [5.41, 5.74) is 4.17. The molecule has 3 fully saturated rings. The van der Waals surface area contributed by atoms with Gasteiger partial charge in [-0.2, -0.15) is 13.0 Å². The van der Waals surface area contributed by atoms with Crippen LogP contribution in [-0.2, 0) is 45.9 Å². The number of amides is 3. The Labute approximate surface area is 564 Å². The highest BCUT2D eigenvalue weighted by molar-refractivity contribution is 7.89. The number of Topliss-reactive ketones (excluding diaryl/α,β-unsaturated/α-hetero) is 1. The third kappa shape index (κ3) is 19.4. The lowest BCUT2D eigenvalue weighted by molar-refractivity contribution is -0.909. The summed E-state index contributed by atoms with van der Waals surface area (Å²) in [6, 6.07) is 16.4. The number of nitrogens with one attached hydrogen (secondary N) is 4. The maximum absolute atomic E-state index is 14.8. The predicted molar refractivity (Wildman–Crippen MR) is 370 cm³/mol. The molecular weight excluding hydrogens is 1250 g/mol. The van der Waals surface area contributed by atoms with Gasteiger partial charge in [0.1, 0.15) is 17.3 Å². The average molecular weight is 1360 g/mol. The first kappa shape index (κ1) is 74.6. The van der Waals surface area contributed by atoms with E-state index in [1.54, 1.807) is 26.0 Å². The van der Waals surface area contributed by atoms with Gasteiger partial charge in [-0.05, 0) is 156 Å². The molecule has 0 radical (unpaired) electrons. The summed E-state index contributed by atoms with van der Waals surface area (Å²) >= 11 is 0. The molecule has 0 aliphatic heterocycles. The van der Waals surface area contributed by atoms with Crippen LogP contribution in [0.1, 0.15) is 176 Å². The first-order chi connectivity index (χ1) is 44.8. The van der Waals surface area contributed by atoms with Crippen molar-refractivity contribution in [2.24, 2.45) is 34.5 Å². The van der Waals surface area contributed by atoms with Gasteiger partial charge in [0.15, 0.2) is 12.3 Å². The van der Waals surface area contributed by atoms with Crippen molar-refractivity contribution in [3.63, 3.8) is 0 Å². The lowest BCUT2D eigenvalue weighted by Crippen LogP contribution is -2.54. The number of carbonyl (C=O) groups excluding carboxylic acids is 6. The highest BCUT2D eigenvalue weighted by atomic mass is 32.2. The van der Waals surface area contributed by atoms with Crippen molar-refractivity contribution in [2.45, 2.75) is 170 Å². The van der Waals surface area contributed by atoms with Gasteiger partial charge >= 0.3 is 5.97 Å². The molecule has 8 rings (SSSR count). The molecule has 0 spiro atoms. The van der Waals surface area contributed by atoms with Crippen molar-refractivity contribution in [1.82, 2.24) is 20.7 Å². The van der Waals surface area contributed by atoms with Crippen LogP contribution in [0.25, 0.3) is 21.8 Å². The molecular formula is C73H108N7O13S2+3. The van der Waals surface area contributed by atoms with Crippen LogP contribution in [0.5, 0.6) is 11.5 Å². The van der Waals surface area contributed by atoms with E-state index in [1.807, 2.05) is 74.0 Å². The number of quaternary nitrogens is 2. The van der Waals surface area contributed by atoms with E-state index in [-0.39, 0.29) is 71.4 Å². The molecule has 22 heteroatoms. The number of pyridine rings is 1. The maximum atomic E-state index is 14.8. The topological polar surface area (TPSA) is 261 Å². The number of ketones is 2. The van der Waals surface area contributed by atoms with E-state index in [0.717, 1.165) is 67.9 Å². The minimum atomic E-state index is -4.19. The third-order valence-electron chi connectivity index (χ3n) is 21.4. The van der Waals surface area contributed by atoms with Gasteiger partial charge in [-0.25, -0.2) is 17.9 Å². The van der Waals surface area contributed by atoms with E-state index >= 15 is 0 Å². The molecule has 1 heterocycles. The summed E-state index contributed by atoms with van der Waals surface area (Å²) in [6.45, 7) is 19.1. The van der Waals surface area contributed by atoms with Crippen molar-refractivity contribution >= 4 is 77.2 Å². The Morgan fingerprint density at radius 2 is 1.37 bits per heavy atom. The molecule has 4 aromatic rings. The highest BCUT2D eigenvalue weighted by Gasteiger charge is 2.61. The lowest BCUT2D eigenvalue weighted by Gasteiger charge is -2.59. The summed E-state index contributed by atoms with van der Waals surface area (Å²) in [5.74, 6) is 1.14. The number of aromatic nitrogens is 1. The number of nitrogens with zero attached hydrogens (tertiary/aromatic N) is 3. The number of rotatable bonds is 35. The number of aryl methyl sites for hydroxylation is 3. The minimum Gasteiger partial charge on any atom is -0.491 e. The number of hydrogen-bond acceptors (Lipinski definition) is 12. The Balaban J connectivity index is 0.816. The van der Waals surface area contributed by atoms with Gasteiger partial charge in [0, 0.05) is 94.1 Å². The van der Waals surface area contributed by atoms with Crippen molar-refractivity contribution in [3.8, 4) is 11.5 Å². The predicted octanol–water partition coefficient (Wildman–Crippen LogP) is 9.44. The largest absolute Gasteiger partial charge is 0.491 e. The van der Waals surface area contributed by atoms with Crippen LogP contribution in [0.3, 0.4) is 0 Å². The first-order valence-electron chi connectivity index (χ1n) is 34.9. The van der Waals surface area contributed by atoms with Gasteiger partial charge in [0.05, 0.1) is 94.4 Å². The van der Waals surface area contributed by atoms with Gasteiger partial charge in [-0.1, -0.05) is 44.9 Å². The first-order valence-corrected chi connectivity index (χ1v) is 38.2. The van der Waals surface area contributed by atoms with Gasteiger partial charge in [0.25, 0.3) is 16.0 Å². The summed E-state index contributed by atoms with van der Waals surface area (Å²) in [6.07, 6.45) is 12.8. The van der Waals surface area contributed by atoms with Crippen LogP contribution in [0, 0.1) is 48.3 Å². The van der Waals surface area contributed by atoms with Crippen molar-refractivity contribution < 1.29 is 73.2 Å². The maximum Gasteiger partial charge on any atom is 0.345 e. The summed E-state index contributed by atoms with van der Waals surface area (Å²) in [7, 11) is -1.55. The molecule has 0 saturated heterocycles. The van der Waals surface area contributed by atoms with E-state index < -0.39 is 31.9 Å². The molecule has 4 aliphatic carbocycles. The third-order valence-corrected chi connectivity index (χ3v) is 23.7. The zero-order valence-electron chi connectivity index (χ0n) is 58.2. The quantitative estimate of drug-likeness (QED) is 0.00547. The molecule has 0 bridgehead atoms. The van der Waals surface area contributed by atoms with E-state index in [4.69, 9.17) is 9.47 Å². The van der Waals surface area contributed by atoms with Crippen LogP contribution in [0.2, 0.25) is 0 Å². The van der Waals surface area contributed by atoms with E-state index in [9.17, 15) is 50.2 Å². The fourth-order valence-electron chi connectivity index (χ4n) is 16.2. The molecule has 4 aliphatic rings. The van der Waals surface area contributed by atoms with Gasteiger partial charge in [-0.15, -0.1) is 0 Å². The van der Waals surface area contributed by atoms with Crippen LogP contribution < -0.4 is 34.7 Å². The molecule has 7 atom stereocenters. The number of esters is 1. The number of sulfonamides is 1. The number of hydrogen-bond donors (Lipinski definition) is 5. The summed E-state index contributed by atoms with van der Waals surface area (Å²) in [5, 5.41) is 10.3. The fraction of sp³-hybridized carbons (Fsp3) is 0.630. The second-order valence-electron chi connectivity index (χ2n) is 29.5. The monoisotopic (exact) mass is 1350 g/mol. The second kappa shape index (κ2) is 32.0. The number of benzene rings is 3. The summed E-state index contributed by atoms with van der Waals surface area (Å²) < 4.78 is 78.0. The number of ether oxygens (including phenoxy) is 2. The molecule has 3 amide bonds. The van der Waals surface area contributed by atoms with Crippen LogP contribution >= 0.6 is 0 Å². The number of allylic oxidation sites excluding steroid dienone is 1. The molecule has 95 heavy (non-hydrogen) atoms. The SMILES string of the molecule is CCCC[N+](C)(C)CCNS(=O)(=O)CCC[n+]1c2ccccc2c(C(=O)Oc2c(C)cc(C(=O)NCCC[N+](C)(CCCNC(=O)CCCC(=O)NCCC3CC4=CC(=O)CC[C@]4(C)C4CC[C@]5(C)C(=O)CCC5C34)CCCS(=O)(=O)O)cc2C)c2cc(OC(C)C)ccc21. The Kier molecular flexibility index (Phi) is 25.1. The van der Waals surface area contributed by atoms with Gasteiger partial charge in [-0.3, -0.25) is 28.5 Å². The van der Waals surface area contributed by atoms with E-state index in [0.29, 0.717) is 175 Å². The highest BCUT2D eigenvalue weighted by Crippen LogP contribution is 2.66.